The van der Waals surface area contributed by atoms with Gasteiger partial charge in [-0.15, -0.1) is 0 Å². The van der Waals surface area contributed by atoms with Gasteiger partial charge < -0.3 is 4.90 Å². The van der Waals surface area contributed by atoms with E-state index in [9.17, 15) is 4.79 Å². The van der Waals surface area contributed by atoms with Crippen molar-refractivity contribution in [2.75, 3.05) is 13.6 Å². The van der Waals surface area contributed by atoms with Crippen molar-refractivity contribution >= 4 is 22.0 Å². The summed E-state index contributed by atoms with van der Waals surface area (Å²) in [6.45, 7) is 0.411. The van der Waals surface area contributed by atoms with E-state index < -0.39 is 0 Å². The number of hydrogen-bond donors (Lipinski definition) is 0. The van der Waals surface area contributed by atoms with E-state index >= 15 is 0 Å². The van der Waals surface area contributed by atoms with Gasteiger partial charge in [0.25, 0.3) is 0 Å². The Morgan fingerprint density at radius 2 is 2.19 bits per heavy atom. The van der Waals surface area contributed by atoms with Crippen molar-refractivity contribution < 1.29 is 4.79 Å². The van der Waals surface area contributed by atoms with Crippen LogP contribution in [0.15, 0.2) is 28.7 Å². The molecule has 0 spiro atoms. The summed E-state index contributed by atoms with van der Waals surface area (Å²) in [5.41, 5.74) is 1.02. The number of carbonyl (C=O) groups excluding carboxylic acids is 1. The molecule has 1 unspecified atom stereocenters. The predicted molar refractivity (Wildman–Crippen MR) is 62.4 cm³/mol. The zero-order valence-electron chi connectivity index (χ0n) is 8.72. The molecule has 16 heavy (non-hydrogen) atoms. The van der Waals surface area contributed by atoms with Gasteiger partial charge in [0.2, 0.25) is 0 Å². The number of hydrogen-bond acceptors (Lipinski definition) is 2. The van der Waals surface area contributed by atoms with E-state index in [-0.39, 0.29) is 12.1 Å². The highest BCUT2D eigenvalue weighted by atomic mass is 79.9. The van der Waals surface area contributed by atoms with E-state index in [1.165, 1.54) is 4.90 Å². The van der Waals surface area contributed by atoms with Crippen molar-refractivity contribution in [3.05, 3.63) is 34.3 Å². The predicted octanol–water partition coefficient (Wildman–Crippen LogP) is 2.34. The van der Waals surface area contributed by atoms with Crippen LogP contribution in [0.2, 0.25) is 0 Å². The molecule has 2 rings (SSSR count). The Bertz CT molecular complexity index is 469. The minimum Gasteiger partial charge on any atom is -0.318 e. The van der Waals surface area contributed by atoms with Gasteiger partial charge in [-0.1, -0.05) is 34.1 Å². The molecule has 1 heterocycles. The van der Waals surface area contributed by atoms with Crippen molar-refractivity contribution in [2.45, 2.75) is 6.04 Å². The van der Waals surface area contributed by atoms with Crippen LogP contribution in [0.25, 0.3) is 0 Å². The number of urea groups is 1. The number of carbonyl (C=O) groups is 1. The second kappa shape index (κ2) is 4.14. The van der Waals surface area contributed by atoms with Crippen molar-refractivity contribution in [2.24, 2.45) is 0 Å². The quantitative estimate of drug-likeness (QED) is 0.741. The van der Waals surface area contributed by atoms with Crippen LogP contribution in [0.4, 0.5) is 4.79 Å². The maximum atomic E-state index is 11.6. The molecule has 0 N–H and O–H groups in total. The molecule has 1 aromatic carbocycles. The van der Waals surface area contributed by atoms with E-state index in [0.29, 0.717) is 6.54 Å². The SMILES string of the molecule is CN1C(=O)N(C#N)CC1c1ccccc1Br. The van der Waals surface area contributed by atoms with Crippen LogP contribution in [-0.2, 0) is 0 Å². The summed E-state index contributed by atoms with van der Waals surface area (Å²) in [7, 11) is 1.71. The van der Waals surface area contributed by atoms with Crippen LogP contribution in [0.3, 0.4) is 0 Å². The summed E-state index contributed by atoms with van der Waals surface area (Å²) in [5.74, 6) is 0. The standard InChI is InChI=1S/C11H10BrN3O/c1-14-10(6-15(7-13)11(14)16)8-4-2-3-5-9(8)12/h2-5,10H,6H2,1H3. The lowest BCUT2D eigenvalue weighted by atomic mass is 10.1. The summed E-state index contributed by atoms with van der Waals surface area (Å²) in [5, 5.41) is 8.80. The summed E-state index contributed by atoms with van der Waals surface area (Å²) in [6, 6.07) is 7.42. The molecule has 1 atom stereocenters. The monoisotopic (exact) mass is 279 g/mol. The number of nitriles is 1. The average Bonchev–Trinajstić information content (AvgIpc) is 2.57. The van der Waals surface area contributed by atoms with Crippen LogP contribution in [0.1, 0.15) is 11.6 Å². The molecule has 4 nitrogen and oxygen atoms in total. The minimum atomic E-state index is -0.247. The Labute approximate surface area is 102 Å². The second-order valence-electron chi connectivity index (χ2n) is 3.64. The van der Waals surface area contributed by atoms with Crippen molar-refractivity contribution in [3.8, 4) is 6.19 Å². The summed E-state index contributed by atoms with van der Waals surface area (Å²) >= 11 is 3.46. The molecule has 1 aliphatic rings. The third-order valence-electron chi connectivity index (χ3n) is 2.74. The van der Waals surface area contributed by atoms with Crippen molar-refractivity contribution in [1.82, 2.24) is 9.80 Å². The van der Waals surface area contributed by atoms with E-state index in [1.807, 2.05) is 30.5 Å². The van der Waals surface area contributed by atoms with E-state index in [2.05, 4.69) is 15.9 Å². The zero-order chi connectivity index (χ0) is 11.7. The zero-order valence-corrected chi connectivity index (χ0v) is 10.3. The van der Waals surface area contributed by atoms with E-state index in [0.717, 1.165) is 10.0 Å². The Balaban J connectivity index is 2.35. The average molecular weight is 280 g/mol. The molecule has 1 fully saturated rings. The summed E-state index contributed by atoms with van der Waals surface area (Å²) in [4.78, 5) is 14.4. The van der Waals surface area contributed by atoms with Gasteiger partial charge in [-0.05, 0) is 11.6 Å². The molecular weight excluding hydrogens is 270 g/mol. The molecule has 1 aromatic rings. The third-order valence-corrected chi connectivity index (χ3v) is 3.46. The second-order valence-corrected chi connectivity index (χ2v) is 4.50. The third kappa shape index (κ3) is 1.65. The van der Waals surface area contributed by atoms with Crippen molar-refractivity contribution in [1.29, 1.82) is 5.26 Å². The van der Waals surface area contributed by atoms with Gasteiger partial charge in [-0.2, -0.15) is 5.26 Å². The summed E-state index contributed by atoms with van der Waals surface area (Å²) < 4.78 is 0.958. The molecule has 0 radical (unpaired) electrons. The fourth-order valence-electron chi connectivity index (χ4n) is 1.83. The van der Waals surface area contributed by atoms with Gasteiger partial charge in [0.15, 0.2) is 6.19 Å². The van der Waals surface area contributed by atoms with Gasteiger partial charge in [0, 0.05) is 11.5 Å². The highest BCUT2D eigenvalue weighted by molar-refractivity contribution is 9.10. The molecule has 0 saturated carbocycles. The largest absolute Gasteiger partial charge is 0.333 e. The van der Waals surface area contributed by atoms with Crippen LogP contribution in [0.5, 0.6) is 0 Å². The van der Waals surface area contributed by atoms with Crippen LogP contribution < -0.4 is 0 Å². The molecule has 2 amide bonds. The molecule has 82 valence electrons. The highest BCUT2D eigenvalue weighted by Gasteiger charge is 2.36. The number of amides is 2. The number of nitrogens with zero attached hydrogens (tertiary/aromatic N) is 3. The summed E-state index contributed by atoms with van der Waals surface area (Å²) in [6.07, 6.45) is 1.89. The maximum Gasteiger partial charge on any atom is 0.333 e. The van der Waals surface area contributed by atoms with Crippen LogP contribution in [-0.4, -0.2) is 29.4 Å². The first-order valence-electron chi connectivity index (χ1n) is 4.83. The van der Waals surface area contributed by atoms with E-state index in [4.69, 9.17) is 5.26 Å². The molecule has 0 aromatic heterocycles. The molecule has 1 saturated heterocycles. The number of benzene rings is 1. The number of rotatable bonds is 1. The first-order valence-corrected chi connectivity index (χ1v) is 5.63. The lowest BCUT2D eigenvalue weighted by Crippen LogP contribution is -2.26. The smallest absolute Gasteiger partial charge is 0.318 e. The van der Waals surface area contributed by atoms with Gasteiger partial charge in [0.05, 0.1) is 12.6 Å². The number of halogens is 1. The molecule has 0 bridgehead atoms. The Hall–Kier alpha value is -1.54. The Morgan fingerprint density at radius 3 is 2.75 bits per heavy atom. The van der Waals surface area contributed by atoms with Gasteiger partial charge in [-0.25, -0.2) is 9.69 Å². The maximum absolute atomic E-state index is 11.6. The molecule has 5 heteroatoms. The topological polar surface area (TPSA) is 47.3 Å². The number of likely N-dealkylation sites (N-methyl/N-ethyl adjacent to an activating group) is 1. The van der Waals surface area contributed by atoms with E-state index in [1.54, 1.807) is 11.9 Å². The van der Waals surface area contributed by atoms with Gasteiger partial charge in [-0.3, -0.25) is 0 Å². The fraction of sp³-hybridized carbons (Fsp3) is 0.273. The van der Waals surface area contributed by atoms with Crippen LogP contribution in [0, 0.1) is 11.5 Å². The lowest BCUT2D eigenvalue weighted by Gasteiger charge is -2.18. The van der Waals surface area contributed by atoms with Crippen molar-refractivity contribution in [3.63, 3.8) is 0 Å². The fourth-order valence-corrected chi connectivity index (χ4v) is 2.38. The molecular formula is C11H10BrN3O. The first kappa shape index (κ1) is 11.0. The minimum absolute atomic E-state index is 0.0669. The first-order chi connectivity index (χ1) is 7.65. The van der Waals surface area contributed by atoms with Gasteiger partial charge in [0.1, 0.15) is 0 Å². The molecule has 0 aliphatic carbocycles. The highest BCUT2D eigenvalue weighted by Crippen LogP contribution is 2.32. The Morgan fingerprint density at radius 1 is 1.50 bits per heavy atom. The van der Waals surface area contributed by atoms with Crippen LogP contribution >= 0.6 is 15.9 Å². The Kier molecular flexibility index (Phi) is 2.84. The normalized spacial score (nSPS) is 20.1. The molecule has 1 aliphatic heterocycles. The lowest BCUT2D eigenvalue weighted by molar-refractivity contribution is 0.205. The van der Waals surface area contributed by atoms with Gasteiger partial charge >= 0.3 is 6.03 Å².